The summed E-state index contributed by atoms with van der Waals surface area (Å²) in [6, 6.07) is 7.35. The van der Waals surface area contributed by atoms with Crippen LogP contribution >= 0.6 is 22.9 Å². The minimum atomic E-state index is -0.601. The molecule has 37 heavy (non-hydrogen) atoms. The molecule has 3 aliphatic rings. The molecule has 8 nitrogen and oxygen atoms in total. The van der Waals surface area contributed by atoms with Gasteiger partial charge in [0.25, 0.3) is 11.8 Å². The van der Waals surface area contributed by atoms with Crippen molar-refractivity contribution in [3.63, 3.8) is 0 Å². The van der Waals surface area contributed by atoms with Gasteiger partial charge in [-0.3, -0.25) is 19.3 Å². The first-order valence-electron chi connectivity index (χ1n) is 12.7. The summed E-state index contributed by atoms with van der Waals surface area (Å²) in [5.74, 6) is -0.933. The quantitative estimate of drug-likeness (QED) is 0.470. The van der Waals surface area contributed by atoms with Crippen LogP contribution < -0.4 is 15.5 Å². The van der Waals surface area contributed by atoms with Crippen molar-refractivity contribution < 1.29 is 23.5 Å². The summed E-state index contributed by atoms with van der Waals surface area (Å²) >= 11 is 7.16. The minimum absolute atomic E-state index is 0.0823. The molecule has 2 aliphatic carbocycles. The fourth-order valence-electron chi connectivity index (χ4n) is 4.79. The van der Waals surface area contributed by atoms with Gasteiger partial charge < -0.3 is 20.3 Å². The normalized spacial score (nSPS) is 19.0. The molecule has 1 saturated heterocycles. The number of carbonyl (C=O) groups is 3. The Morgan fingerprint density at radius 3 is 2.65 bits per heavy atom. The third kappa shape index (κ3) is 6.31. The van der Waals surface area contributed by atoms with E-state index in [1.807, 2.05) is 0 Å². The van der Waals surface area contributed by atoms with Crippen molar-refractivity contribution in [3.8, 4) is 0 Å². The van der Waals surface area contributed by atoms with Gasteiger partial charge in [-0.2, -0.15) is 0 Å². The Morgan fingerprint density at radius 1 is 1.22 bits per heavy atom. The van der Waals surface area contributed by atoms with Gasteiger partial charge in [0.2, 0.25) is 5.91 Å². The van der Waals surface area contributed by atoms with E-state index < -0.39 is 11.9 Å². The fourth-order valence-corrected chi connectivity index (χ4v) is 5.75. The van der Waals surface area contributed by atoms with E-state index in [-0.39, 0.29) is 43.1 Å². The zero-order chi connectivity index (χ0) is 25.9. The molecule has 0 unspecified atom stereocenters. The van der Waals surface area contributed by atoms with Crippen molar-refractivity contribution in [3.05, 3.63) is 45.4 Å². The molecular weight excluding hydrogens is 519 g/mol. The van der Waals surface area contributed by atoms with Gasteiger partial charge in [-0.25, -0.2) is 4.39 Å². The molecule has 3 fully saturated rings. The molecule has 1 atom stereocenters. The highest BCUT2D eigenvalue weighted by Gasteiger charge is 2.39. The van der Waals surface area contributed by atoms with Crippen LogP contribution in [0, 0.1) is 11.7 Å². The van der Waals surface area contributed by atoms with E-state index in [1.54, 1.807) is 18.2 Å². The number of amides is 3. The maximum absolute atomic E-state index is 15.0. The number of morpholine rings is 1. The third-order valence-corrected chi connectivity index (χ3v) is 8.39. The van der Waals surface area contributed by atoms with Crippen molar-refractivity contribution in [1.82, 2.24) is 10.2 Å². The van der Waals surface area contributed by atoms with Gasteiger partial charge in [0.15, 0.2) is 0 Å². The number of nitrogens with zero attached hydrogens (tertiary/aromatic N) is 2. The number of hydrogen-bond donors (Lipinski definition) is 2. The van der Waals surface area contributed by atoms with Crippen LogP contribution in [0.5, 0.6) is 0 Å². The molecule has 1 aliphatic heterocycles. The predicted molar refractivity (Wildman–Crippen MR) is 141 cm³/mol. The van der Waals surface area contributed by atoms with E-state index in [4.69, 9.17) is 16.3 Å². The summed E-state index contributed by atoms with van der Waals surface area (Å²) in [5.41, 5.74) is 0.460. The highest BCUT2D eigenvalue weighted by Crippen LogP contribution is 2.35. The molecule has 2 saturated carbocycles. The summed E-state index contributed by atoms with van der Waals surface area (Å²) in [6.07, 6.45) is 5.52. The van der Waals surface area contributed by atoms with Crippen LogP contribution in [0.2, 0.25) is 4.34 Å². The summed E-state index contributed by atoms with van der Waals surface area (Å²) in [7, 11) is 0. The van der Waals surface area contributed by atoms with Crippen molar-refractivity contribution in [1.29, 1.82) is 0 Å². The second-order valence-electron chi connectivity index (χ2n) is 9.81. The number of thiophene rings is 1. The molecule has 0 bridgehead atoms. The molecule has 2 heterocycles. The Bertz CT molecular complexity index is 1170. The molecule has 1 aromatic carbocycles. The lowest BCUT2D eigenvalue weighted by Crippen LogP contribution is -2.53. The third-order valence-electron chi connectivity index (χ3n) is 7.16. The number of ether oxygens (including phenoxy) is 1. The van der Waals surface area contributed by atoms with Gasteiger partial charge in [-0.1, -0.05) is 18.0 Å². The van der Waals surface area contributed by atoms with E-state index >= 15 is 0 Å². The first kappa shape index (κ1) is 26.1. The predicted octanol–water partition coefficient (Wildman–Crippen LogP) is 3.91. The highest BCUT2D eigenvalue weighted by atomic mass is 35.5. The number of hydrogen-bond acceptors (Lipinski definition) is 6. The van der Waals surface area contributed by atoms with Gasteiger partial charge in [-0.05, 0) is 61.9 Å². The lowest BCUT2D eigenvalue weighted by Gasteiger charge is -2.37. The van der Waals surface area contributed by atoms with Crippen molar-refractivity contribution in [2.75, 3.05) is 43.1 Å². The maximum atomic E-state index is 15.0. The largest absolute Gasteiger partial charge is 0.370 e. The van der Waals surface area contributed by atoms with E-state index in [0.29, 0.717) is 33.5 Å². The molecular formula is C26H30ClFN4O4S. The van der Waals surface area contributed by atoms with Gasteiger partial charge in [0.1, 0.15) is 18.5 Å². The highest BCUT2D eigenvalue weighted by molar-refractivity contribution is 7.18. The number of rotatable bonds is 10. The molecule has 3 amide bonds. The zero-order valence-electron chi connectivity index (χ0n) is 20.4. The number of anilines is 2. The van der Waals surface area contributed by atoms with E-state index in [2.05, 4.69) is 15.5 Å². The van der Waals surface area contributed by atoms with Gasteiger partial charge in [0.05, 0.1) is 21.5 Å². The topological polar surface area (TPSA) is 91.0 Å². The van der Waals surface area contributed by atoms with E-state index in [0.717, 1.165) is 32.2 Å². The zero-order valence-corrected chi connectivity index (χ0v) is 22.0. The van der Waals surface area contributed by atoms with E-state index in [1.165, 1.54) is 34.8 Å². The standard InChI is InChI=1S/C26H30ClFN4O4S/c27-23-9-8-22(37-23)26(35)29-13-21(32(18-5-6-18)14-16-2-1-3-16)25(34)30-17-4-7-20(19(28)12-17)31-10-11-36-15-24(31)33/h4,7-9,12,16,18,21H,1-3,5-6,10-11,13-15H2,(H,29,35)(H,30,34)/t21-/m0/s1. The number of benzene rings is 1. The second-order valence-corrected chi connectivity index (χ2v) is 11.5. The molecule has 1 aromatic heterocycles. The van der Waals surface area contributed by atoms with Crippen LogP contribution in [0.15, 0.2) is 30.3 Å². The SMILES string of the molecule is O=C(NC[C@@H](C(=O)Nc1ccc(N2CCOCC2=O)c(F)c1)N(CC1CCC1)C1CC1)c1ccc(Cl)s1. The van der Waals surface area contributed by atoms with Crippen LogP contribution in [0.3, 0.4) is 0 Å². The van der Waals surface area contributed by atoms with Crippen LogP contribution in [-0.2, 0) is 14.3 Å². The smallest absolute Gasteiger partial charge is 0.261 e. The molecule has 5 rings (SSSR count). The molecule has 2 aromatic rings. The second kappa shape index (κ2) is 11.5. The lowest BCUT2D eigenvalue weighted by atomic mass is 9.84. The Hall–Kier alpha value is -2.53. The monoisotopic (exact) mass is 548 g/mol. The Kier molecular flexibility index (Phi) is 8.09. The van der Waals surface area contributed by atoms with E-state index in [9.17, 15) is 18.8 Å². The molecule has 2 N–H and O–H groups in total. The number of carbonyl (C=O) groups excluding carboxylic acids is 3. The summed E-state index contributed by atoms with van der Waals surface area (Å²) < 4.78 is 20.6. The van der Waals surface area contributed by atoms with Gasteiger partial charge in [-0.15, -0.1) is 11.3 Å². The number of nitrogens with one attached hydrogen (secondary N) is 2. The van der Waals surface area contributed by atoms with Crippen LogP contribution in [-0.4, -0.2) is 67.6 Å². The summed E-state index contributed by atoms with van der Waals surface area (Å²) in [6.45, 7) is 1.46. The van der Waals surface area contributed by atoms with Crippen molar-refractivity contribution in [2.45, 2.75) is 44.2 Å². The van der Waals surface area contributed by atoms with Crippen molar-refractivity contribution in [2.24, 2.45) is 5.92 Å². The molecule has 198 valence electrons. The van der Waals surface area contributed by atoms with Crippen molar-refractivity contribution >= 4 is 52.0 Å². The fraction of sp³-hybridized carbons (Fsp3) is 0.500. The average Bonchev–Trinajstić information content (AvgIpc) is 3.59. The van der Waals surface area contributed by atoms with Gasteiger partial charge >= 0.3 is 0 Å². The Labute approximate surface area is 224 Å². The Morgan fingerprint density at radius 2 is 2.03 bits per heavy atom. The molecule has 11 heteroatoms. The summed E-state index contributed by atoms with van der Waals surface area (Å²) in [4.78, 5) is 42.4. The first-order valence-corrected chi connectivity index (χ1v) is 13.9. The first-order chi connectivity index (χ1) is 17.9. The summed E-state index contributed by atoms with van der Waals surface area (Å²) in [5, 5.41) is 5.75. The van der Waals surface area contributed by atoms with Gasteiger partial charge in [0, 0.05) is 31.4 Å². The Balaban J connectivity index is 1.31. The molecule has 0 radical (unpaired) electrons. The lowest BCUT2D eigenvalue weighted by molar-refractivity contribution is -0.125. The molecule has 0 spiro atoms. The van der Waals surface area contributed by atoms with Crippen LogP contribution in [0.1, 0.15) is 41.8 Å². The van der Waals surface area contributed by atoms with Crippen LogP contribution in [0.25, 0.3) is 0 Å². The van der Waals surface area contributed by atoms with Crippen LogP contribution in [0.4, 0.5) is 15.8 Å². The maximum Gasteiger partial charge on any atom is 0.261 e. The number of halogens is 2. The average molecular weight is 549 g/mol. The minimum Gasteiger partial charge on any atom is -0.370 e.